The molecule has 2 amide bonds. The van der Waals surface area contributed by atoms with Crippen molar-refractivity contribution in [3.8, 4) is 5.75 Å². The van der Waals surface area contributed by atoms with Crippen molar-refractivity contribution in [2.75, 3.05) is 17.5 Å². The van der Waals surface area contributed by atoms with Crippen LogP contribution in [0.5, 0.6) is 5.75 Å². The van der Waals surface area contributed by atoms with Gasteiger partial charge in [-0.05, 0) is 92.1 Å². The van der Waals surface area contributed by atoms with Crippen molar-refractivity contribution in [1.82, 2.24) is 10.2 Å². The van der Waals surface area contributed by atoms with Gasteiger partial charge in [0.05, 0.1) is 17.2 Å². The highest BCUT2D eigenvalue weighted by Gasteiger charge is 2.35. The predicted molar refractivity (Wildman–Crippen MR) is 190 cm³/mol. The molecule has 47 heavy (non-hydrogen) atoms. The first kappa shape index (κ1) is 36.0. The summed E-state index contributed by atoms with van der Waals surface area (Å²) in [6, 6.07) is 28.2. The molecule has 0 aliphatic carbocycles. The number of ether oxygens (including phenoxy) is 1. The fraction of sp³-hybridized carbons (Fsp3) is 0.278. The zero-order chi connectivity index (χ0) is 34.0. The SMILES string of the molecule is CCOc1ccc(N(CC(=O)N(Cc2ccc(Br)cc2)[C@H](Cc2ccccc2)C(=O)N[C@H](C)CC)S(=O)(=O)c2ccc(Cl)cc2)cc1. The molecule has 4 aromatic carbocycles. The molecule has 0 heterocycles. The summed E-state index contributed by atoms with van der Waals surface area (Å²) < 4.78 is 35.9. The van der Waals surface area contributed by atoms with E-state index in [-0.39, 0.29) is 35.5 Å². The van der Waals surface area contributed by atoms with Crippen LogP contribution in [0.15, 0.2) is 112 Å². The molecule has 8 nitrogen and oxygen atoms in total. The molecule has 0 aliphatic heterocycles. The number of anilines is 1. The number of carbonyl (C=O) groups is 2. The van der Waals surface area contributed by atoms with Crippen molar-refractivity contribution >= 4 is 55.1 Å². The number of benzene rings is 4. The Morgan fingerprint density at radius 2 is 1.51 bits per heavy atom. The minimum Gasteiger partial charge on any atom is -0.494 e. The average Bonchev–Trinajstić information content (AvgIpc) is 3.07. The summed E-state index contributed by atoms with van der Waals surface area (Å²) in [5, 5.41) is 3.43. The van der Waals surface area contributed by atoms with Crippen molar-refractivity contribution < 1.29 is 22.7 Å². The highest BCUT2D eigenvalue weighted by molar-refractivity contribution is 9.10. The molecule has 4 rings (SSSR count). The molecule has 2 atom stereocenters. The quantitative estimate of drug-likeness (QED) is 0.139. The Morgan fingerprint density at radius 1 is 0.872 bits per heavy atom. The number of hydrogen-bond acceptors (Lipinski definition) is 5. The third-order valence-electron chi connectivity index (χ3n) is 7.65. The van der Waals surface area contributed by atoms with Crippen molar-refractivity contribution in [2.45, 2.75) is 57.1 Å². The largest absolute Gasteiger partial charge is 0.494 e. The standard InChI is InChI=1S/C36H39BrClN3O5S/c1-4-26(3)39-36(43)34(23-27-9-7-6-8-10-27)40(24-28-11-13-29(37)14-12-28)35(42)25-41(31-17-19-32(20-18-31)46-5-2)47(44,45)33-21-15-30(38)16-22-33/h6-22,26,34H,4-5,23-25H2,1-3H3,(H,39,43)/t26-,34-/m1/s1. The molecule has 248 valence electrons. The summed E-state index contributed by atoms with van der Waals surface area (Å²) in [4.78, 5) is 30.0. The van der Waals surface area contributed by atoms with Gasteiger partial charge in [0, 0.05) is 28.5 Å². The van der Waals surface area contributed by atoms with Crippen LogP contribution < -0.4 is 14.4 Å². The van der Waals surface area contributed by atoms with E-state index < -0.39 is 28.5 Å². The number of halogens is 2. The molecule has 0 aliphatic rings. The van der Waals surface area contributed by atoms with Crippen molar-refractivity contribution in [3.63, 3.8) is 0 Å². The van der Waals surface area contributed by atoms with Crippen LogP contribution in [-0.4, -0.2) is 50.4 Å². The summed E-state index contributed by atoms with van der Waals surface area (Å²) in [6.45, 7) is 5.69. The lowest BCUT2D eigenvalue weighted by Gasteiger charge is -2.34. The topological polar surface area (TPSA) is 96.0 Å². The van der Waals surface area contributed by atoms with Crippen molar-refractivity contribution in [1.29, 1.82) is 0 Å². The van der Waals surface area contributed by atoms with Crippen LogP contribution in [0.4, 0.5) is 5.69 Å². The molecule has 0 saturated heterocycles. The van der Waals surface area contributed by atoms with Crippen LogP contribution >= 0.6 is 27.5 Å². The number of nitrogens with one attached hydrogen (secondary N) is 1. The molecule has 0 bridgehead atoms. The van der Waals surface area contributed by atoms with Gasteiger partial charge in [-0.15, -0.1) is 0 Å². The van der Waals surface area contributed by atoms with E-state index in [4.69, 9.17) is 16.3 Å². The van der Waals surface area contributed by atoms with E-state index in [1.807, 2.05) is 75.4 Å². The van der Waals surface area contributed by atoms with Crippen molar-refractivity contribution in [3.05, 3.63) is 124 Å². The zero-order valence-corrected chi connectivity index (χ0v) is 29.8. The molecule has 4 aromatic rings. The van der Waals surface area contributed by atoms with E-state index in [9.17, 15) is 18.0 Å². The van der Waals surface area contributed by atoms with E-state index >= 15 is 0 Å². The fourth-order valence-electron chi connectivity index (χ4n) is 4.92. The monoisotopic (exact) mass is 739 g/mol. The van der Waals surface area contributed by atoms with Gasteiger partial charge >= 0.3 is 0 Å². The first-order valence-corrected chi connectivity index (χ1v) is 18.0. The number of sulfonamides is 1. The Balaban J connectivity index is 1.80. The molecular formula is C36H39BrClN3O5S. The van der Waals surface area contributed by atoms with E-state index in [1.54, 1.807) is 24.3 Å². The summed E-state index contributed by atoms with van der Waals surface area (Å²) >= 11 is 9.53. The van der Waals surface area contributed by atoms with Gasteiger partial charge in [-0.3, -0.25) is 13.9 Å². The second-order valence-corrected chi connectivity index (χ2v) is 14.3. The number of amides is 2. The molecule has 1 N–H and O–H groups in total. The zero-order valence-electron chi connectivity index (χ0n) is 26.6. The van der Waals surface area contributed by atoms with Gasteiger partial charge in [-0.1, -0.05) is 76.9 Å². The Bertz CT molecular complexity index is 1720. The Morgan fingerprint density at radius 3 is 2.11 bits per heavy atom. The second-order valence-electron chi connectivity index (χ2n) is 11.1. The molecule has 11 heteroatoms. The van der Waals surface area contributed by atoms with E-state index in [1.165, 1.54) is 29.2 Å². The summed E-state index contributed by atoms with van der Waals surface area (Å²) in [7, 11) is -4.25. The molecule has 0 unspecified atom stereocenters. The van der Waals surface area contributed by atoms with Crippen LogP contribution in [0.25, 0.3) is 0 Å². The minimum atomic E-state index is -4.25. The molecule has 0 saturated carbocycles. The lowest BCUT2D eigenvalue weighted by Crippen LogP contribution is -2.54. The van der Waals surface area contributed by atoms with E-state index in [2.05, 4.69) is 21.2 Å². The van der Waals surface area contributed by atoms with E-state index in [0.29, 0.717) is 23.8 Å². The Kier molecular flexibility index (Phi) is 12.9. The van der Waals surface area contributed by atoms with Crippen molar-refractivity contribution in [2.24, 2.45) is 0 Å². The maximum absolute atomic E-state index is 14.6. The number of rotatable bonds is 15. The molecule has 0 aromatic heterocycles. The van der Waals surface area contributed by atoms with Gasteiger partial charge in [0.25, 0.3) is 10.0 Å². The normalized spacial score (nSPS) is 12.5. The molecule has 0 spiro atoms. The van der Waals surface area contributed by atoms with Crippen LogP contribution in [0, 0.1) is 0 Å². The fourth-order valence-corrected chi connectivity index (χ4v) is 6.72. The van der Waals surface area contributed by atoms with Gasteiger partial charge in [0.15, 0.2) is 0 Å². The van der Waals surface area contributed by atoms with Gasteiger partial charge in [-0.2, -0.15) is 0 Å². The lowest BCUT2D eigenvalue weighted by atomic mass is 10.0. The van der Waals surface area contributed by atoms with Gasteiger partial charge in [0.2, 0.25) is 11.8 Å². The molecule has 0 fully saturated rings. The first-order chi connectivity index (χ1) is 22.5. The number of carbonyl (C=O) groups excluding carboxylic acids is 2. The van der Waals surface area contributed by atoms with Crippen LogP contribution in [0.1, 0.15) is 38.3 Å². The number of nitrogens with zero attached hydrogens (tertiary/aromatic N) is 2. The van der Waals surface area contributed by atoms with Crippen LogP contribution in [0.3, 0.4) is 0 Å². The lowest BCUT2D eigenvalue weighted by molar-refractivity contribution is -0.140. The van der Waals surface area contributed by atoms with E-state index in [0.717, 1.165) is 19.9 Å². The van der Waals surface area contributed by atoms with Gasteiger partial charge < -0.3 is 15.0 Å². The molecule has 0 radical (unpaired) electrons. The second kappa shape index (κ2) is 16.8. The minimum absolute atomic E-state index is 0.0293. The Hall–Kier alpha value is -3.86. The Labute approximate surface area is 290 Å². The highest BCUT2D eigenvalue weighted by Crippen LogP contribution is 2.28. The maximum Gasteiger partial charge on any atom is 0.264 e. The smallest absolute Gasteiger partial charge is 0.264 e. The third-order valence-corrected chi connectivity index (χ3v) is 10.2. The summed E-state index contributed by atoms with van der Waals surface area (Å²) in [5.41, 5.74) is 1.91. The van der Waals surface area contributed by atoms with Gasteiger partial charge in [0.1, 0.15) is 18.3 Å². The maximum atomic E-state index is 14.6. The predicted octanol–water partition coefficient (Wildman–Crippen LogP) is 7.25. The summed E-state index contributed by atoms with van der Waals surface area (Å²) in [6.07, 6.45) is 0.938. The number of hydrogen-bond donors (Lipinski definition) is 1. The highest BCUT2D eigenvalue weighted by atomic mass is 79.9. The third kappa shape index (κ3) is 9.82. The van der Waals surface area contributed by atoms with Crippen LogP contribution in [0.2, 0.25) is 5.02 Å². The summed E-state index contributed by atoms with van der Waals surface area (Å²) in [5.74, 6) is -0.297. The average molecular weight is 741 g/mol. The van der Waals surface area contributed by atoms with Gasteiger partial charge in [-0.25, -0.2) is 8.42 Å². The van der Waals surface area contributed by atoms with Crippen LogP contribution in [-0.2, 0) is 32.6 Å². The molecular weight excluding hydrogens is 702 g/mol. The first-order valence-electron chi connectivity index (χ1n) is 15.4.